The maximum atomic E-state index is 11.9. The monoisotopic (exact) mass is 496 g/mol. The van der Waals surface area contributed by atoms with Crippen LogP contribution in [0.4, 0.5) is 13.2 Å². The minimum absolute atomic E-state index is 0.0118. The van der Waals surface area contributed by atoms with Crippen LogP contribution in [0.3, 0.4) is 0 Å². The third-order valence-corrected chi connectivity index (χ3v) is 6.99. The number of rotatable bonds is 5. The van der Waals surface area contributed by atoms with Gasteiger partial charge < -0.3 is 21.1 Å². The van der Waals surface area contributed by atoms with Crippen molar-refractivity contribution in [2.45, 2.75) is 25.1 Å². The van der Waals surface area contributed by atoms with Gasteiger partial charge in [-0.2, -0.15) is 13.2 Å². The largest absolute Gasteiger partial charge is 0.508 e. The van der Waals surface area contributed by atoms with Gasteiger partial charge in [-0.3, -0.25) is 0 Å². The van der Waals surface area contributed by atoms with E-state index in [1.165, 1.54) is 10.4 Å². The molecule has 5 N–H and O–H groups in total. The predicted molar refractivity (Wildman–Crippen MR) is 104 cm³/mol. The van der Waals surface area contributed by atoms with Gasteiger partial charge in [-0.05, 0) is 24.8 Å². The average Bonchev–Trinajstić information content (AvgIpc) is 2.64. The first-order valence-electron chi connectivity index (χ1n) is 8.53. The van der Waals surface area contributed by atoms with E-state index in [9.17, 15) is 26.7 Å². The highest BCUT2D eigenvalue weighted by Gasteiger charge is 2.38. The second kappa shape index (κ2) is 10.8. The van der Waals surface area contributed by atoms with Crippen molar-refractivity contribution in [3.05, 3.63) is 27.7 Å². The van der Waals surface area contributed by atoms with Crippen molar-refractivity contribution in [3.63, 3.8) is 0 Å². The number of nitrogens with zero attached hydrogens (tertiary/aromatic N) is 1. The van der Waals surface area contributed by atoms with E-state index in [4.69, 9.17) is 43.9 Å². The number of carboxylic acid groups (broad SMARTS) is 1. The summed E-state index contributed by atoms with van der Waals surface area (Å²) in [5, 5.41) is 26.5. The molecular weight excluding hydrogens is 476 g/mol. The number of sulfonamides is 1. The maximum Gasteiger partial charge on any atom is 0.490 e. The molecule has 172 valence electrons. The Hall–Kier alpha value is -1.31. The molecule has 1 atom stereocenters. The molecule has 1 heterocycles. The Morgan fingerprint density at radius 2 is 1.70 bits per heavy atom. The van der Waals surface area contributed by atoms with Crippen LogP contribution >= 0.6 is 23.2 Å². The van der Waals surface area contributed by atoms with Crippen LogP contribution < -0.4 is 5.73 Å². The van der Waals surface area contributed by atoms with E-state index in [1.54, 1.807) is 6.07 Å². The summed E-state index contributed by atoms with van der Waals surface area (Å²) in [6.07, 6.45) is -3.93. The topological polar surface area (TPSA) is 141 Å². The van der Waals surface area contributed by atoms with Crippen LogP contribution in [0, 0.1) is 5.92 Å². The summed E-state index contributed by atoms with van der Waals surface area (Å²) in [4.78, 5) is 8.90. The fraction of sp³-hybridized carbons (Fsp3) is 0.562. The van der Waals surface area contributed by atoms with E-state index in [0.29, 0.717) is 36.5 Å². The Bertz CT molecular complexity index is 846. The molecule has 0 aromatic heterocycles. The number of piperidine rings is 1. The van der Waals surface area contributed by atoms with Gasteiger partial charge in [-0.25, -0.2) is 17.5 Å². The number of hydrogen-bond donors (Lipinski definition) is 4. The van der Waals surface area contributed by atoms with E-state index in [2.05, 4.69) is 0 Å². The quantitative estimate of drug-likeness (QED) is 0.490. The molecule has 0 amide bonds. The van der Waals surface area contributed by atoms with Crippen molar-refractivity contribution in [2.24, 2.45) is 11.7 Å². The highest BCUT2D eigenvalue weighted by atomic mass is 35.5. The Morgan fingerprint density at radius 3 is 2.13 bits per heavy atom. The lowest BCUT2D eigenvalue weighted by atomic mass is 9.86. The number of aromatic hydroxyl groups is 1. The lowest BCUT2D eigenvalue weighted by molar-refractivity contribution is -0.192. The summed E-state index contributed by atoms with van der Waals surface area (Å²) in [7, 11) is -3.41. The zero-order valence-electron chi connectivity index (χ0n) is 15.4. The number of alkyl halides is 3. The molecule has 1 fully saturated rings. The number of carbonyl (C=O) groups is 1. The van der Waals surface area contributed by atoms with E-state index in [0.717, 1.165) is 0 Å². The minimum atomic E-state index is -5.08. The van der Waals surface area contributed by atoms with E-state index < -0.39 is 28.2 Å². The van der Waals surface area contributed by atoms with Gasteiger partial charge in [0.1, 0.15) is 5.75 Å². The fourth-order valence-electron chi connectivity index (χ4n) is 2.83. The smallest absolute Gasteiger partial charge is 0.490 e. The summed E-state index contributed by atoms with van der Waals surface area (Å²) < 4.78 is 57.0. The van der Waals surface area contributed by atoms with Crippen LogP contribution in [0.25, 0.3) is 0 Å². The Labute approximate surface area is 181 Å². The molecular formula is C16H21Cl2F3N2O6S. The van der Waals surface area contributed by atoms with Crippen molar-refractivity contribution in [1.29, 1.82) is 0 Å². The molecule has 1 unspecified atom stereocenters. The molecule has 1 aliphatic heterocycles. The normalized spacial score (nSPS) is 17.2. The van der Waals surface area contributed by atoms with Crippen LogP contribution in [-0.4, -0.2) is 65.6 Å². The zero-order valence-corrected chi connectivity index (χ0v) is 17.8. The first kappa shape index (κ1) is 26.7. The first-order valence-corrected chi connectivity index (χ1v) is 10.9. The fourth-order valence-corrected chi connectivity index (χ4v) is 4.42. The van der Waals surface area contributed by atoms with Crippen LogP contribution in [0.5, 0.6) is 5.75 Å². The standard InChI is InChI=1S/C14H20Cl2N2O4S.C2HF3O2/c15-11-7-10(13(20)8-12(11)16)14(17)9-1-3-18(4-2-9)23(21,22)6-5-19;3-2(4,5)1(6)7/h7-9,14,19-20H,1-6,17H2;(H,6,7). The molecule has 0 aliphatic carbocycles. The van der Waals surface area contributed by atoms with Gasteiger partial charge in [0, 0.05) is 30.8 Å². The zero-order chi connectivity index (χ0) is 23.3. The van der Waals surface area contributed by atoms with Gasteiger partial charge >= 0.3 is 12.1 Å². The molecule has 0 saturated carbocycles. The molecule has 0 spiro atoms. The third kappa shape index (κ3) is 7.43. The number of hydrogen-bond acceptors (Lipinski definition) is 6. The summed E-state index contributed by atoms with van der Waals surface area (Å²) in [6, 6.07) is 2.46. The Morgan fingerprint density at radius 1 is 1.23 bits per heavy atom. The Kier molecular flexibility index (Phi) is 9.64. The van der Waals surface area contributed by atoms with Crippen molar-refractivity contribution in [2.75, 3.05) is 25.4 Å². The molecule has 30 heavy (non-hydrogen) atoms. The number of aliphatic hydroxyl groups is 1. The number of aliphatic hydroxyl groups excluding tert-OH is 1. The average molecular weight is 497 g/mol. The van der Waals surface area contributed by atoms with Crippen molar-refractivity contribution >= 4 is 39.2 Å². The summed E-state index contributed by atoms with van der Waals surface area (Å²) in [5.41, 5.74) is 6.74. The summed E-state index contributed by atoms with van der Waals surface area (Å²) >= 11 is 11.8. The third-order valence-electron chi connectivity index (χ3n) is 4.42. The molecule has 1 aromatic rings. The van der Waals surface area contributed by atoms with Gasteiger partial charge in [-0.1, -0.05) is 23.2 Å². The number of halogens is 5. The number of carboxylic acids is 1. The van der Waals surface area contributed by atoms with E-state index in [1.807, 2.05) is 0 Å². The number of phenols is 1. The van der Waals surface area contributed by atoms with Crippen molar-refractivity contribution < 1.29 is 41.7 Å². The van der Waals surface area contributed by atoms with Crippen LogP contribution in [0.15, 0.2) is 12.1 Å². The molecule has 8 nitrogen and oxygen atoms in total. The van der Waals surface area contributed by atoms with Gasteiger partial charge in [-0.15, -0.1) is 0 Å². The summed E-state index contributed by atoms with van der Waals surface area (Å²) in [6.45, 7) is 0.310. The summed E-state index contributed by atoms with van der Waals surface area (Å²) in [5.74, 6) is -3.01. The predicted octanol–water partition coefficient (Wildman–Crippen LogP) is 2.37. The second-order valence-corrected chi connectivity index (χ2v) is 9.33. The van der Waals surface area contributed by atoms with Gasteiger partial charge in [0.15, 0.2) is 0 Å². The van der Waals surface area contributed by atoms with Crippen LogP contribution in [0.1, 0.15) is 24.4 Å². The van der Waals surface area contributed by atoms with Crippen LogP contribution in [-0.2, 0) is 14.8 Å². The SMILES string of the molecule is NC(c1cc(Cl)c(Cl)cc1O)C1CCN(S(=O)(=O)CCO)CC1.O=C(O)C(F)(F)F. The first-order chi connectivity index (χ1) is 13.7. The molecule has 0 bridgehead atoms. The molecule has 1 saturated heterocycles. The Balaban J connectivity index is 0.000000553. The molecule has 0 radical (unpaired) electrons. The molecule has 14 heteroatoms. The number of nitrogens with two attached hydrogens (primary N) is 1. The second-order valence-electron chi connectivity index (χ2n) is 6.43. The van der Waals surface area contributed by atoms with E-state index >= 15 is 0 Å². The highest BCUT2D eigenvalue weighted by Crippen LogP contribution is 2.38. The lowest BCUT2D eigenvalue weighted by Gasteiger charge is -2.34. The highest BCUT2D eigenvalue weighted by molar-refractivity contribution is 7.89. The van der Waals surface area contributed by atoms with Gasteiger partial charge in [0.2, 0.25) is 10.0 Å². The van der Waals surface area contributed by atoms with Crippen molar-refractivity contribution in [1.82, 2.24) is 4.31 Å². The number of aliphatic carboxylic acids is 1. The minimum Gasteiger partial charge on any atom is -0.508 e. The van der Waals surface area contributed by atoms with Crippen LogP contribution in [0.2, 0.25) is 10.0 Å². The number of phenolic OH excluding ortho intramolecular Hbond substituents is 1. The number of benzene rings is 1. The van der Waals surface area contributed by atoms with Crippen molar-refractivity contribution in [3.8, 4) is 5.75 Å². The van der Waals surface area contributed by atoms with E-state index in [-0.39, 0.29) is 29.0 Å². The van der Waals surface area contributed by atoms with Gasteiger partial charge in [0.25, 0.3) is 0 Å². The van der Waals surface area contributed by atoms with Gasteiger partial charge in [0.05, 0.1) is 22.4 Å². The maximum absolute atomic E-state index is 11.9. The molecule has 1 aromatic carbocycles. The molecule has 1 aliphatic rings. The molecule has 2 rings (SSSR count). The lowest BCUT2D eigenvalue weighted by Crippen LogP contribution is -2.42.